The molecule has 1 atom stereocenters. The molecule has 0 aromatic heterocycles. The number of hydrogen-bond acceptors (Lipinski definition) is 3. The highest BCUT2D eigenvalue weighted by Gasteiger charge is 2.15. The van der Waals surface area contributed by atoms with E-state index < -0.39 is 0 Å². The Kier molecular flexibility index (Phi) is 7.66. The Morgan fingerprint density at radius 1 is 1.15 bits per heavy atom. The van der Waals surface area contributed by atoms with Gasteiger partial charge in [-0.2, -0.15) is 0 Å². The summed E-state index contributed by atoms with van der Waals surface area (Å²) in [6.07, 6.45) is 4.76. The van der Waals surface area contributed by atoms with Gasteiger partial charge in [-0.1, -0.05) is 50.8 Å². The maximum absolute atomic E-state index is 12.1. The van der Waals surface area contributed by atoms with Gasteiger partial charge in [-0.15, -0.1) is 0 Å². The number of Topliss-reactive ketones (excluding diaryl/α,β-unsaturated/α-hetero) is 1. The summed E-state index contributed by atoms with van der Waals surface area (Å²) in [5.41, 5.74) is 4.30. The van der Waals surface area contributed by atoms with Crippen molar-refractivity contribution in [2.24, 2.45) is 5.92 Å². The second-order valence-corrected chi connectivity index (χ2v) is 6.85. The molecule has 2 rings (SSSR count). The summed E-state index contributed by atoms with van der Waals surface area (Å²) in [5, 5.41) is 0. The highest BCUT2D eigenvalue weighted by molar-refractivity contribution is 5.80. The third-order valence-corrected chi connectivity index (χ3v) is 5.09. The van der Waals surface area contributed by atoms with Gasteiger partial charge in [-0.05, 0) is 36.1 Å². The Hall–Kier alpha value is -2.55. The largest absolute Gasteiger partial charge is 0.496 e. The topological polar surface area (TPSA) is 35.5 Å². The predicted octanol–water partition coefficient (Wildman–Crippen LogP) is 5.49. The van der Waals surface area contributed by atoms with Gasteiger partial charge >= 0.3 is 0 Å². The third-order valence-electron chi connectivity index (χ3n) is 5.09. The summed E-state index contributed by atoms with van der Waals surface area (Å²) in [4.78, 5) is 12.1. The summed E-state index contributed by atoms with van der Waals surface area (Å²) >= 11 is 0. The average molecular weight is 367 g/mol. The quantitative estimate of drug-likeness (QED) is 0.558. The molecule has 3 nitrogen and oxygen atoms in total. The van der Waals surface area contributed by atoms with Crippen LogP contribution in [0.3, 0.4) is 0 Å². The molecule has 0 aliphatic rings. The van der Waals surface area contributed by atoms with E-state index in [0.717, 1.165) is 35.5 Å². The predicted molar refractivity (Wildman–Crippen MR) is 112 cm³/mol. The minimum atomic E-state index is 0.142. The smallest absolute Gasteiger partial charge is 0.136 e. The van der Waals surface area contributed by atoms with Crippen LogP contribution in [0.25, 0.3) is 6.08 Å². The van der Waals surface area contributed by atoms with Crippen molar-refractivity contribution in [2.75, 3.05) is 14.2 Å². The van der Waals surface area contributed by atoms with E-state index in [-0.39, 0.29) is 5.92 Å². The molecule has 2 aromatic carbocycles. The Morgan fingerprint density at radius 3 is 2.52 bits per heavy atom. The number of carbonyl (C=O) groups excluding carboxylic acids is 1. The molecule has 0 aliphatic heterocycles. The van der Waals surface area contributed by atoms with Crippen molar-refractivity contribution in [1.29, 1.82) is 0 Å². The number of methoxy groups -OCH3 is 2. The van der Waals surface area contributed by atoms with Crippen molar-refractivity contribution < 1.29 is 14.3 Å². The van der Waals surface area contributed by atoms with Crippen LogP contribution in [0.2, 0.25) is 0 Å². The minimum Gasteiger partial charge on any atom is -0.496 e. The van der Waals surface area contributed by atoms with Crippen LogP contribution in [0.5, 0.6) is 11.5 Å². The second kappa shape index (κ2) is 9.96. The van der Waals surface area contributed by atoms with Gasteiger partial charge < -0.3 is 9.47 Å². The Morgan fingerprint density at radius 2 is 1.89 bits per heavy atom. The first-order valence-electron chi connectivity index (χ1n) is 9.50. The zero-order valence-electron chi connectivity index (χ0n) is 16.9. The molecule has 0 amide bonds. The molecule has 0 fully saturated rings. The highest BCUT2D eigenvalue weighted by Crippen LogP contribution is 2.34. The number of aryl methyl sites for hydroxylation is 1. The normalized spacial score (nSPS) is 11.7. The van der Waals surface area contributed by atoms with E-state index in [9.17, 15) is 4.79 Å². The number of rotatable bonds is 10. The molecular weight excluding hydrogens is 336 g/mol. The zero-order chi connectivity index (χ0) is 19.8. The van der Waals surface area contributed by atoms with Crippen LogP contribution in [-0.2, 0) is 17.6 Å². The van der Waals surface area contributed by atoms with E-state index in [2.05, 4.69) is 37.8 Å². The molecule has 0 N–H and O–H groups in total. The Bertz CT molecular complexity index is 792. The van der Waals surface area contributed by atoms with Gasteiger partial charge in [0.15, 0.2) is 0 Å². The van der Waals surface area contributed by atoms with Crippen LogP contribution < -0.4 is 9.47 Å². The lowest BCUT2D eigenvalue weighted by atomic mass is 9.95. The highest BCUT2D eigenvalue weighted by atomic mass is 16.5. The standard InChI is InChI=1S/C24H30O3/c1-6-17(3)22(25)13-11-18-9-8-10-19(15-18)16-21-23(26-4)14-12-20(7-2)24(21)27-5/h7-10,12,14-15,17H,2,6,11,13,16H2,1,3-5H3. The maximum Gasteiger partial charge on any atom is 0.136 e. The first-order valence-corrected chi connectivity index (χ1v) is 9.50. The summed E-state index contributed by atoms with van der Waals surface area (Å²) in [6, 6.07) is 12.3. The van der Waals surface area contributed by atoms with Gasteiger partial charge in [-0.3, -0.25) is 4.79 Å². The van der Waals surface area contributed by atoms with Crippen molar-refractivity contribution in [1.82, 2.24) is 0 Å². The molecule has 0 saturated carbocycles. The molecule has 0 spiro atoms. The number of benzene rings is 2. The first kappa shape index (κ1) is 20.8. The van der Waals surface area contributed by atoms with Crippen LogP contribution in [0.15, 0.2) is 43.0 Å². The molecule has 1 unspecified atom stereocenters. The fourth-order valence-electron chi connectivity index (χ4n) is 3.23. The summed E-state index contributed by atoms with van der Waals surface area (Å²) in [6.45, 7) is 7.93. The molecule has 3 heteroatoms. The summed E-state index contributed by atoms with van der Waals surface area (Å²) < 4.78 is 11.2. The lowest BCUT2D eigenvalue weighted by Crippen LogP contribution is -2.10. The van der Waals surface area contributed by atoms with Gasteiger partial charge in [0.25, 0.3) is 0 Å². The number of ether oxygens (including phenoxy) is 2. The van der Waals surface area contributed by atoms with Gasteiger partial charge in [-0.25, -0.2) is 0 Å². The van der Waals surface area contributed by atoms with Gasteiger partial charge in [0.2, 0.25) is 0 Å². The second-order valence-electron chi connectivity index (χ2n) is 6.85. The number of carbonyl (C=O) groups is 1. The average Bonchev–Trinajstić information content (AvgIpc) is 2.71. The SMILES string of the molecule is C=Cc1ccc(OC)c(Cc2cccc(CCC(=O)C(C)CC)c2)c1OC. The van der Waals surface area contributed by atoms with Crippen molar-refractivity contribution in [2.45, 2.75) is 39.5 Å². The summed E-state index contributed by atoms with van der Waals surface area (Å²) in [5.74, 6) is 2.07. The Labute approximate surface area is 163 Å². The van der Waals surface area contributed by atoms with E-state index in [1.807, 2.05) is 19.1 Å². The molecule has 0 saturated heterocycles. The van der Waals surface area contributed by atoms with Crippen LogP contribution in [-0.4, -0.2) is 20.0 Å². The molecule has 2 aromatic rings. The van der Waals surface area contributed by atoms with E-state index in [4.69, 9.17) is 9.47 Å². The fourth-order valence-corrected chi connectivity index (χ4v) is 3.23. The number of hydrogen-bond donors (Lipinski definition) is 0. The van der Waals surface area contributed by atoms with Crippen LogP contribution in [0.1, 0.15) is 48.9 Å². The molecule has 144 valence electrons. The van der Waals surface area contributed by atoms with E-state index in [1.54, 1.807) is 20.3 Å². The lowest BCUT2D eigenvalue weighted by Gasteiger charge is -2.16. The third kappa shape index (κ3) is 5.22. The van der Waals surface area contributed by atoms with Crippen molar-refractivity contribution >= 4 is 11.9 Å². The Balaban J connectivity index is 2.23. The number of ketones is 1. The van der Waals surface area contributed by atoms with Gasteiger partial charge in [0, 0.05) is 29.9 Å². The van der Waals surface area contributed by atoms with Gasteiger partial charge in [0.05, 0.1) is 14.2 Å². The molecular formula is C24H30O3. The first-order chi connectivity index (χ1) is 13.0. The van der Waals surface area contributed by atoms with Crippen LogP contribution in [0.4, 0.5) is 0 Å². The van der Waals surface area contributed by atoms with Gasteiger partial charge in [0.1, 0.15) is 17.3 Å². The van der Waals surface area contributed by atoms with E-state index in [1.165, 1.54) is 11.1 Å². The molecule has 0 aliphatic carbocycles. The van der Waals surface area contributed by atoms with Crippen LogP contribution in [0, 0.1) is 5.92 Å². The van der Waals surface area contributed by atoms with Crippen LogP contribution >= 0.6 is 0 Å². The van der Waals surface area contributed by atoms with Crippen molar-refractivity contribution in [3.8, 4) is 11.5 Å². The summed E-state index contributed by atoms with van der Waals surface area (Å²) in [7, 11) is 3.34. The van der Waals surface area contributed by atoms with Crippen molar-refractivity contribution in [3.05, 3.63) is 65.2 Å². The molecule has 0 bridgehead atoms. The van der Waals surface area contributed by atoms with E-state index in [0.29, 0.717) is 18.6 Å². The minimum absolute atomic E-state index is 0.142. The fraction of sp³-hybridized carbons (Fsp3) is 0.375. The van der Waals surface area contributed by atoms with Crippen molar-refractivity contribution in [3.63, 3.8) is 0 Å². The monoisotopic (exact) mass is 366 g/mol. The molecule has 0 heterocycles. The lowest BCUT2D eigenvalue weighted by molar-refractivity contribution is -0.122. The maximum atomic E-state index is 12.1. The zero-order valence-corrected chi connectivity index (χ0v) is 16.9. The molecule has 0 radical (unpaired) electrons. The molecule has 27 heavy (non-hydrogen) atoms. The van der Waals surface area contributed by atoms with E-state index >= 15 is 0 Å².